The molecule has 2 nitrogen and oxygen atoms in total. The Morgan fingerprint density at radius 2 is 2.06 bits per heavy atom. The van der Waals surface area contributed by atoms with Gasteiger partial charge in [0.15, 0.2) is 0 Å². The van der Waals surface area contributed by atoms with Gasteiger partial charge in [0.1, 0.15) is 0 Å². The fourth-order valence-corrected chi connectivity index (χ4v) is 3.57. The molecule has 90 valence electrons. The minimum absolute atomic E-state index is 0.219. The van der Waals surface area contributed by atoms with E-state index in [4.69, 9.17) is 16.3 Å². The normalized spacial score (nSPS) is 19.9. The summed E-state index contributed by atoms with van der Waals surface area (Å²) >= 11 is 7.97. The maximum Gasteiger partial charge on any atom is 0.0936 e. The minimum atomic E-state index is 0.219. The third-order valence-electron chi connectivity index (χ3n) is 3.44. The quantitative estimate of drug-likeness (QED) is 0.777. The summed E-state index contributed by atoms with van der Waals surface area (Å²) in [6.07, 6.45) is 3.14. The molecule has 1 aromatic heterocycles. The second-order valence-corrected chi connectivity index (χ2v) is 6.23. The molecule has 1 fully saturated rings. The van der Waals surface area contributed by atoms with Crippen LogP contribution in [-0.4, -0.2) is 24.1 Å². The lowest BCUT2D eigenvalue weighted by Crippen LogP contribution is -2.33. The van der Waals surface area contributed by atoms with Gasteiger partial charge in [0.25, 0.3) is 0 Å². The van der Waals surface area contributed by atoms with E-state index in [1.54, 1.807) is 0 Å². The second-order valence-electron chi connectivity index (χ2n) is 4.67. The average Bonchev–Trinajstić information content (AvgIpc) is 2.59. The van der Waals surface area contributed by atoms with Gasteiger partial charge < -0.3 is 4.74 Å². The summed E-state index contributed by atoms with van der Waals surface area (Å²) in [4.78, 5) is 5.94. The van der Waals surface area contributed by atoms with Crippen molar-refractivity contribution in [3.63, 3.8) is 0 Å². The molecule has 0 unspecified atom stereocenters. The van der Waals surface area contributed by atoms with Crippen LogP contribution in [0.1, 0.15) is 28.4 Å². The van der Waals surface area contributed by atoms with E-state index in [9.17, 15) is 0 Å². The Bertz CT molecular complexity index is 338. The number of halogens is 1. The van der Waals surface area contributed by atoms with Crippen molar-refractivity contribution in [1.82, 2.24) is 4.98 Å². The molecule has 0 spiro atoms. The third kappa shape index (κ3) is 2.58. The summed E-state index contributed by atoms with van der Waals surface area (Å²) in [5.41, 5.74) is 1.38. The summed E-state index contributed by atoms with van der Waals surface area (Å²) in [6.45, 7) is 5.90. The minimum Gasteiger partial charge on any atom is -0.381 e. The number of hydrogen-bond acceptors (Lipinski definition) is 3. The van der Waals surface area contributed by atoms with Crippen LogP contribution in [0.4, 0.5) is 0 Å². The van der Waals surface area contributed by atoms with Gasteiger partial charge in [-0.3, -0.25) is 0 Å². The van der Waals surface area contributed by atoms with Gasteiger partial charge in [0.05, 0.1) is 10.7 Å². The second kappa shape index (κ2) is 5.03. The highest BCUT2D eigenvalue weighted by molar-refractivity contribution is 7.11. The molecular weight excluding hydrogens is 242 g/mol. The van der Waals surface area contributed by atoms with Gasteiger partial charge in [-0.2, -0.15) is 0 Å². The summed E-state index contributed by atoms with van der Waals surface area (Å²) in [5, 5.41) is 1.23. The van der Waals surface area contributed by atoms with E-state index in [0.29, 0.717) is 5.88 Å². The molecule has 0 radical (unpaired) electrons. The first-order valence-electron chi connectivity index (χ1n) is 5.72. The maximum absolute atomic E-state index is 6.15. The molecule has 1 aromatic rings. The molecule has 1 aliphatic heterocycles. The van der Waals surface area contributed by atoms with Crippen LogP contribution < -0.4 is 0 Å². The lowest BCUT2D eigenvalue weighted by molar-refractivity contribution is 0.0257. The summed E-state index contributed by atoms with van der Waals surface area (Å²) in [7, 11) is 0. The van der Waals surface area contributed by atoms with Crippen LogP contribution >= 0.6 is 22.9 Å². The molecule has 0 saturated carbocycles. The van der Waals surface area contributed by atoms with Crippen molar-refractivity contribution in [3.05, 3.63) is 15.6 Å². The monoisotopic (exact) mass is 259 g/mol. The SMILES string of the molecule is Cc1nc(CC2(CCl)CCOCC2)sc1C. The smallest absolute Gasteiger partial charge is 0.0936 e. The molecule has 1 saturated heterocycles. The Hall–Kier alpha value is -0.120. The van der Waals surface area contributed by atoms with Crippen LogP contribution in [0.5, 0.6) is 0 Å². The Morgan fingerprint density at radius 3 is 2.56 bits per heavy atom. The first-order chi connectivity index (χ1) is 7.65. The van der Waals surface area contributed by atoms with Crippen LogP contribution in [0.15, 0.2) is 0 Å². The topological polar surface area (TPSA) is 22.1 Å². The molecular formula is C12H18ClNOS. The van der Waals surface area contributed by atoms with Gasteiger partial charge in [-0.1, -0.05) is 0 Å². The third-order valence-corrected chi connectivity index (χ3v) is 5.08. The summed E-state index contributed by atoms with van der Waals surface area (Å²) < 4.78 is 5.42. The van der Waals surface area contributed by atoms with E-state index < -0.39 is 0 Å². The highest BCUT2D eigenvalue weighted by atomic mass is 35.5. The van der Waals surface area contributed by atoms with E-state index in [1.165, 1.54) is 9.88 Å². The van der Waals surface area contributed by atoms with Gasteiger partial charge in [-0.25, -0.2) is 4.98 Å². The molecule has 0 atom stereocenters. The molecule has 0 aromatic carbocycles. The van der Waals surface area contributed by atoms with E-state index in [-0.39, 0.29) is 5.41 Å². The number of hydrogen-bond donors (Lipinski definition) is 0. The van der Waals surface area contributed by atoms with Crippen molar-refractivity contribution in [2.75, 3.05) is 19.1 Å². The Morgan fingerprint density at radius 1 is 1.38 bits per heavy atom. The standard InChI is InChI=1S/C12H18ClNOS/c1-9-10(2)16-11(14-9)7-12(8-13)3-5-15-6-4-12/h3-8H2,1-2H3. The predicted molar refractivity (Wildman–Crippen MR) is 68.5 cm³/mol. The molecule has 4 heteroatoms. The number of aryl methyl sites for hydroxylation is 2. The zero-order chi connectivity index (χ0) is 11.6. The zero-order valence-corrected chi connectivity index (χ0v) is 11.5. The number of alkyl halides is 1. The van der Waals surface area contributed by atoms with Crippen LogP contribution in [0.2, 0.25) is 0 Å². The fourth-order valence-electron chi connectivity index (χ4n) is 2.10. The number of ether oxygens (including phenoxy) is 1. The summed E-state index contributed by atoms with van der Waals surface area (Å²) in [5.74, 6) is 0.716. The summed E-state index contributed by atoms with van der Waals surface area (Å²) in [6, 6.07) is 0. The van der Waals surface area contributed by atoms with Gasteiger partial charge in [-0.15, -0.1) is 22.9 Å². The van der Waals surface area contributed by atoms with Gasteiger partial charge in [0.2, 0.25) is 0 Å². The Balaban J connectivity index is 2.11. The number of aromatic nitrogens is 1. The van der Waals surface area contributed by atoms with Crippen molar-refractivity contribution in [1.29, 1.82) is 0 Å². The van der Waals surface area contributed by atoms with Crippen molar-refractivity contribution in [3.8, 4) is 0 Å². The molecule has 0 N–H and O–H groups in total. The number of nitrogens with zero attached hydrogens (tertiary/aromatic N) is 1. The fraction of sp³-hybridized carbons (Fsp3) is 0.750. The molecule has 1 aliphatic rings. The molecule has 2 rings (SSSR count). The lowest BCUT2D eigenvalue weighted by Gasteiger charge is -2.34. The largest absolute Gasteiger partial charge is 0.381 e. The van der Waals surface area contributed by atoms with E-state index in [0.717, 1.165) is 38.2 Å². The maximum atomic E-state index is 6.15. The van der Waals surface area contributed by atoms with Gasteiger partial charge >= 0.3 is 0 Å². The molecule has 0 amide bonds. The Labute approximate surface area is 106 Å². The van der Waals surface area contributed by atoms with Crippen molar-refractivity contribution in [2.45, 2.75) is 33.1 Å². The molecule has 0 bridgehead atoms. The molecule has 0 aliphatic carbocycles. The van der Waals surface area contributed by atoms with E-state index in [1.807, 2.05) is 11.3 Å². The van der Waals surface area contributed by atoms with Crippen molar-refractivity contribution in [2.24, 2.45) is 5.41 Å². The van der Waals surface area contributed by atoms with E-state index >= 15 is 0 Å². The Kier molecular flexibility index (Phi) is 3.88. The van der Waals surface area contributed by atoms with Crippen LogP contribution in [0, 0.1) is 19.3 Å². The van der Waals surface area contributed by atoms with Gasteiger partial charge in [-0.05, 0) is 32.1 Å². The predicted octanol–water partition coefficient (Wildman–Crippen LogP) is 3.34. The van der Waals surface area contributed by atoms with E-state index in [2.05, 4.69) is 18.8 Å². The number of thiazole rings is 1. The van der Waals surface area contributed by atoms with Crippen molar-refractivity contribution >= 4 is 22.9 Å². The highest BCUT2D eigenvalue weighted by Crippen LogP contribution is 2.36. The van der Waals surface area contributed by atoms with Gasteiger partial charge in [0, 0.05) is 30.4 Å². The lowest BCUT2D eigenvalue weighted by atomic mass is 9.79. The first kappa shape index (κ1) is 12.3. The van der Waals surface area contributed by atoms with Crippen LogP contribution in [0.3, 0.4) is 0 Å². The molecule has 16 heavy (non-hydrogen) atoms. The first-order valence-corrected chi connectivity index (χ1v) is 7.07. The molecule has 2 heterocycles. The van der Waals surface area contributed by atoms with Crippen molar-refractivity contribution < 1.29 is 4.74 Å². The number of rotatable bonds is 3. The van der Waals surface area contributed by atoms with Crippen LogP contribution in [-0.2, 0) is 11.2 Å². The van der Waals surface area contributed by atoms with Crippen LogP contribution in [0.25, 0.3) is 0 Å². The highest BCUT2D eigenvalue weighted by Gasteiger charge is 2.33. The average molecular weight is 260 g/mol. The zero-order valence-electron chi connectivity index (χ0n) is 9.88.